The van der Waals surface area contributed by atoms with Crippen molar-refractivity contribution in [2.75, 3.05) is 6.54 Å². The van der Waals surface area contributed by atoms with Crippen LogP contribution in [0.3, 0.4) is 0 Å². The van der Waals surface area contributed by atoms with Crippen molar-refractivity contribution in [3.63, 3.8) is 0 Å². The van der Waals surface area contributed by atoms with Crippen LogP contribution in [0.1, 0.15) is 12.5 Å². The Kier molecular flexibility index (Phi) is 4.95. The van der Waals surface area contributed by atoms with Gasteiger partial charge in [0, 0.05) is 19.8 Å². The van der Waals surface area contributed by atoms with Gasteiger partial charge in [0.25, 0.3) is 10.0 Å². The fourth-order valence-electron chi connectivity index (χ4n) is 2.59. The molecule has 0 aliphatic heterocycles. The molecular weight excluding hydrogens is 350 g/mol. The summed E-state index contributed by atoms with van der Waals surface area (Å²) in [6, 6.07) is 17.3. The molecule has 0 unspecified atom stereocenters. The maximum Gasteiger partial charge on any atom is 0.259 e. The van der Waals surface area contributed by atoms with Crippen LogP contribution in [0.4, 0.5) is 0 Å². The van der Waals surface area contributed by atoms with Gasteiger partial charge in [0.15, 0.2) is 5.03 Å². The minimum Gasteiger partial charge on any atom is -0.384 e. The van der Waals surface area contributed by atoms with E-state index in [1.807, 2.05) is 42.5 Å². The summed E-state index contributed by atoms with van der Waals surface area (Å²) in [6.07, 6.45) is 2.82. The van der Waals surface area contributed by atoms with Crippen molar-refractivity contribution < 1.29 is 13.5 Å². The molecule has 0 spiro atoms. The molecule has 2 aromatic carbocycles. The van der Waals surface area contributed by atoms with Gasteiger partial charge in [-0.1, -0.05) is 54.6 Å². The first-order valence-electron chi connectivity index (χ1n) is 8.14. The van der Waals surface area contributed by atoms with Crippen molar-refractivity contribution in [3.8, 4) is 11.1 Å². The summed E-state index contributed by atoms with van der Waals surface area (Å²) in [7, 11) is -2.08. The molecule has 26 heavy (non-hydrogen) atoms. The van der Waals surface area contributed by atoms with E-state index in [1.165, 1.54) is 12.5 Å². The minimum absolute atomic E-state index is 0.0739. The average Bonchev–Trinajstić information content (AvgIpc) is 3.09. The second kappa shape index (κ2) is 7.03. The quantitative estimate of drug-likeness (QED) is 0.696. The first kappa shape index (κ1) is 18.3. The Morgan fingerprint density at radius 3 is 2.27 bits per heavy atom. The van der Waals surface area contributed by atoms with Gasteiger partial charge < -0.3 is 9.67 Å². The lowest BCUT2D eigenvalue weighted by Crippen LogP contribution is -2.38. The zero-order valence-corrected chi connectivity index (χ0v) is 15.4. The van der Waals surface area contributed by atoms with Crippen LogP contribution in [-0.4, -0.2) is 29.6 Å². The summed E-state index contributed by atoms with van der Waals surface area (Å²) >= 11 is 0. The van der Waals surface area contributed by atoms with E-state index in [0.29, 0.717) is 5.56 Å². The lowest BCUT2D eigenvalue weighted by Gasteiger charge is -2.24. The Morgan fingerprint density at radius 1 is 1.08 bits per heavy atom. The largest absolute Gasteiger partial charge is 0.384 e. The molecule has 0 radical (unpaired) electrons. The second-order valence-electron chi connectivity index (χ2n) is 6.42. The van der Waals surface area contributed by atoms with Crippen molar-refractivity contribution in [2.24, 2.45) is 7.05 Å². The number of hydrogen-bond acceptors (Lipinski definition) is 4. The Balaban J connectivity index is 1.74. The third kappa shape index (κ3) is 4.01. The van der Waals surface area contributed by atoms with E-state index >= 15 is 0 Å². The zero-order chi connectivity index (χ0) is 18.8. The molecule has 0 amide bonds. The fraction of sp³-hybridized carbons (Fsp3) is 0.211. The molecule has 7 heteroatoms. The number of aliphatic hydroxyl groups is 1. The molecule has 0 aliphatic carbocycles. The molecule has 0 fully saturated rings. The maximum atomic E-state index is 12.3. The molecule has 3 aromatic rings. The first-order chi connectivity index (χ1) is 12.3. The topological polar surface area (TPSA) is 84.2 Å². The van der Waals surface area contributed by atoms with Gasteiger partial charge in [-0.3, -0.25) is 0 Å². The number of nitrogens with zero attached hydrogens (tertiary/aromatic N) is 2. The Morgan fingerprint density at radius 2 is 1.69 bits per heavy atom. The fourth-order valence-corrected chi connectivity index (χ4v) is 3.70. The van der Waals surface area contributed by atoms with Crippen LogP contribution in [-0.2, 0) is 22.7 Å². The predicted octanol–water partition coefficient (Wildman–Crippen LogP) is 2.27. The van der Waals surface area contributed by atoms with Crippen molar-refractivity contribution in [3.05, 3.63) is 72.7 Å². The number of hydrogen-bond donors (Lipinski definition) is 2. The summed E-state index contributed by atoms with van der Waals surface area (Å²) in [5, 5.41) is 10.6. The van der Waals surface area contributed by atoms with E-state index < -0.39 is 15.6 Å². The van der Waals surface area contributed by atoms with E-state index in [9.17, 15) is 13.5 Å². The molecule has 1 heterocycles. The van der Waals surface area contributed by atoms with E-state index in [1.54, 1.807) is 30.7 Å². The SMILES string of the molecule is Cn1cnc(S(=O)(=O)NC[C@](C)(O)c2ccc(-c3ccccc3)cc2)c1. The van der Waals surface area contributed by atoms with Gasteiger partial charge >= 0.3 is 0 Å². The number of imidazole rings is 1. The van der Waals surface area contributed by atoms with Gasteiger partial charge in [-0.25, -0.2) is 18.1 Å². The highest BCUT2D eigenvalue weighted by Gasteiger charge is 2.27. The van der Waals surface area contributed by atoms with Gasteiger partial charge in [0.2, 0.25) is 0 Å². The molecule has 0 saturated carbocycles. The Bertz CT molecular complexity index is 978. The summed E-state index contributed by atoms with van der Waals surface area (Å²) in [5.74, 6) is 0. The molecule has 0 bridgehead atoms. The van der Waals surface area contributed by atoms with Gasteiger partial charge in [-0.05, 0) is 23.6 Å². The number of rotatable bonds is 6. The number of sulfonamides is 1. The molecule has 1 aromatic heterocycles. The van der Waals surface area contributed by atoms with Crippen LogP contribution in [0.2, 0.25) is 0 Å². The monoisotopic (exact) mass is 371 g/mol. The molecule has 3 rings (SSSR count). The van der Waals surface area contributed by atoms with Crippen molar-refractivity contribution in [1.82, 2.24) is 14.3 Å². The highest BCUT2D eigenvalue weighted by molar-refractivity contribution is 7.89. The summed E-state index contributed by atoms with van der Waals surface area (Å²) < 4.78 is 28.5. The zero-order valence-electron chi connectivity index (χ0n) is 14.6. The molecule has 136 valence electrons. The molecule has 0 aliphatic rings. The van der Waals surface area contributed by atoms with Gasteiger partial charge in [-0.2, -0.15) is 0 Å². The molecule has 6 nitrogen and oxygen atoms in total. The molecule has 2 N–H and O–H groups in total. The average molecular weight is 371 g/mol. The number of aryl methyl sites for hydroxylation is 1. The van der Waals surface area contributed by atoms with Crippen LogP contribution >= 0.6 is 0 Å². The van der Waals surface area contributed by atoms with Crippen molar-refractivity contribution in [1.29, 1.82) is 0 Å². The third-order valence-electron chi connectivity index (χ3n) is 4.18. The number of aromatic nitrogens is 2. The van der Waals surface area contributed by atoms with Crippen LogP contribution in [0.25, 0.3) is 11.1 Å². The van der Waals surface area contributed by atoms with Crippen molar-refractivity contribution >= 4 is 10.0 Å². The van der Waals surface area contributed by atoms with E-state index in [2.05, 4.69) is 9.71 Å². The molecule has 0 saturated heterocycles. The predicted molar refractivity (Wildman–Crippen MR) is 99.8 cm³/mol. The third-order valence-corrected chi connectivity index (χ3v) is 5.46. The molecular formula is C19H21N3O3S. The van der Waals surface area contributed by atoms with Crippen molar-refractivity contribution in [2.45, 2.75) is 17.6 Å². The van der Waals surface area contributed by atoms with E-state index in [4.69, 9.17) is 0 Å². The highest BCUT2D eigenvalue weighted by Crippen LogP contribution is 2.25. The lowest BCUT2D eigenvalue weighted by molar-refractivity contribution is 0.0627. The smallest absolute Gasteiger partial charge is 0.259 e. The summed E-state index contributed by atoms with van der Waals surface area (Å²) in [4.78, 5) is 3.84. The summed E-state index contributed by atoms with van der Waals surface area (Å²) in [5.41, 5.74) is 1.38. The van der Waals surface area contributed by atoms with Crippen LogP contribution in [0.5, 0.6) is 0 Å². The van der Waals surface area contributed by atoms with Crippen LogP contribution < -0.4 is 4.72 Å². The normalized spacial score (nSPS) is 14.1. The lowest BCUT2D eigenvalue weighted by atomic mass is 9.94. The van der Waals surface area contributed by atoms with E-state index in [0.717, 1.165) is 11.1 Å². The number of benzene rings is 2. The van der Waals surface area contributed by atoms with Gasteiger partial charge in [0.1, 0.15) is 5.60 Å². The maximum absolute atomic E-state index is 12.3. The van der Waals surface area contributed by atoms with E-state index in [-0.39, 0.29) is 11.6 Å². The summed E-state index contributed by atoms with van der Waals surface area (Å²) in [6.45, 7) is 1.42. The molecule has 1 atom stereocenters. The minimum atomic E-state index is -3.77. The van der Waals surface area contributed by atoms with Crippen LogP contribution in [0.15, 0.2) is 72.1 Å². The Labute approximate surface area is 153 Å². The van der Waals surface area contributed by atoms with Crippen LogP contribution in [0, 0.1) is 0 Å². The highest BCUT2D eigenvalue weighted by atomic mass is 32.2. The second-order valence-corrected chi connectivity index (χ2v) is 8.13. The first-order valence-corrected chi connectivity index (χ1v) is 9.62. The van der Waals surface area contributed by atoms with Gasteiger partial charge in [0.05, 0.1) is 6.33 Å². The van der Waals surface area contributed by atoms with Gasteiger partial charge in [-0.15, -0.1) is 0 Å². The Hall–Kier alpha value is -2.48. The number of nitrogens with one attached hydrogen (secondary N) is 1. The standard InChI is InChI=1S/C19H21N3O3S/c1-19(23,13-21-26(24,25)18-12-22(2)14-20-18)17-10-8-16(9-11-17)15-6-4-3-5-7-15/h3-12,14,21,23H,13H2,1-2H3/t19-/m0/s1.